The lowest BCUT2D eigenvalue weighted by Gasteiger charge is -2.41. The number of carbonyl (C=O) groups is 1. The van der Waals surface area contributed by atoms with Crippen LogP contribution in [0.3, 0.4) is 0 Å². The Balaban J connectivity index is 1.85. The first-order valence-electron chi connectivity index (χ1n) is 8.23. The number of piperidine rings is 1. The van der Waals surface area contributed by atoms with Crippen LogP contribution in [0.15, 0.2) is 0 Å². The Morgan fingerprint density at radius 1 is 1.16 bits per heavy atom. The van der Waals surface area contributed by atoms with Crippen molar-refractivity contribution in [2.45, 2.75) is 59.3 Å². The van der Waals surface area contributed by atoms with Crippen molar-refractivity contribution in [2.75, 3.05) is 19.6 Å². The molecule has 2 heteroatoms. The second-order valence-electron chi connectivity index (χ2n) is 7.52. The topological polar surface area (TPSA) is 20.3 Å². The van der Waals surface area contributed by atoms with E-state index >= 15 is 0 Å². The van der Waals surface area contributed by atoms with E-state index in [0.29, 0.717) is 0 Å². The van der Waals surface area contributed by atoms with Crippen molar-refractivity contribution >= 4 is 6.29 Å². The summed E-state index contributed by atoms with van der Waals surface area (Å²) in [6.07, 6.45) is 8.63. The molecule has 2 nitrogen and oxygen atoms in total. The normalized spacial score (nSPS) is 34.6. The van der Waals surface area contributed by atoms with Crippen molar-refractivity contribution < 1.29 is 4.79 Å². The summed E-state index contributed by atoms with van der Waals surface area (Å²) in [5.41, 5.74) is -0.0167. The van der Waals surface area contributed by atoms with Gasteiger partial charge in [-0.3, -0.25) is 0 Å². The first-order valence-corrected chi connectivity index (χ1v) is 8.23. The van der Waals surface area contributed by atoms with Gasteiger partial charge >= 0.3 is 0 Å². The third-order valence-corrected chi connectivity index (χ3v) is 5.63. The van der Waals surface area contributed by atoms with E-state index in [1.165, 1.54) is 45.1 Å². The van der Waals surface area contributed by atoms with E-state index in [1.54, 1.807) is 0 Å². The van der Waals surface area contributed by atoms with Gasteiger partial charge in [-0.1, -0.05) is 20.8 Å². The third kappa shape index (κ3) is 3.81. The standard InChI is InChI=1S/C17H31NO/c1-14(2)16-6-10-18(11-7-16)12-17(13-19)8-4-15(3)5-9-17/h13-16H,4-12H2,1-3H3. The highest BCUT2D eigenvalue weighted by Gasteiger charge is 2.36. The van der Waals surface area contributed by atoms with Crippen molar-refractivity contribution in [1.82, 2.24) is 4.90 Å². The van der Waals surface area contributed by atoms with Gasteiger partial charge in [0.05, 0.1) is 0 Å². The van der Waals surface area contributed by atoms with E-state index in [-0.39, 0.29) is 5.41 Å². The molecule has 1 heterocycles. The first kappa shape index (κ1) is 15.0. The molecule has 0 N–H and O–H groups in total. The largest absolute Gasteiger partial charge is 0.303 e. The molecule has 0 unspecified atom stereocenters. The van der Waals surface area contributed by atoms with Crippen molar-refractivity contribution in [1.29, 1.82) is 0 Å². The van der Waals surface area contributed by atoms with Gasteiger partial charge in [-0.25, -0.2) is 0 Å². The van der Waals surface area contributed by atoms with E-state index in [2.05, 4.69) is 25.7 Å². The summed E-state index contributed by atoms with van der Waals surface area (Å²) in [7, 11) is 0. The fourth-order valence-electron chi connectivity index (χ4n) is 3.87. The third-order valence-electron chi connectivity index (χ3n) is 5.63. The molecule has 0 amide bonds. The minimum absolute atomic E-state index is 0.0167. The Morgan fingerprint density at radius 3 is 2.21 bits per heavy atom. The van der Waals surface area contributed by atoms with Crippen LogP contribution in [-0.4, -0.2) is 30.8 Å². The number of nitrogens with zero attached hydrogens (tertiary/aromatic N) is 1. The molecule has 2 aliphatic rings. The lowest BCUT2D eigenvalue weighted by molar-refractivity contribution is -0.120. The summed E-state index contributed by atoms with van der Waals surface area (Å²) < 4.78 is 0. The van der Waals surface area contributed by atoms with Gasteiger partial charge in [-0.15, -0.1) is 0 Å². The number of likely N-dealkylation sites (tertiary alicyclic amines) is 1. The average Bonchev–Trinajstić information content (AvgIpc) is 2.42. The maximum absolute atomic E-state index is 11.6. The van der Waals surface area contributed by atoms with Gasteiger partial charge in [0.1, 0.15) is 6.29 Å². The summed E-state index contributed by atoms with van der Waals surface area (Å²) >= 11 is 0. The van der Waals surface area contributed by atoms with Gasteiger partial charge < -0.3 is 9.69 Å². The van der Waals surface area contributed by atoms with Gasteiger partial charge in [-0.05, 0) is 69.4 Å². The van der Waals surface area contributed by atoms with Crippen LogP contribution in [0.1, 0.15) is 59.3 Å². The molecule has 0 atom stereocenters. The molecular weight excluding hydrogens is 234 g/mol. The number of carbonyl (C=O) groups excluding carboxylic acids is 1. The lowest BCUT2D eigenvalue weighted by atomic mass is 9.71. The van der Waals surface area contributed by atoms with Crippen LogP contribution in [0.2, 0.25) is 0 Å². The fraction of sp³-hybridized carbons (Fsp3) is 0.941. The van der Waals surface area contributed by atoms with Crippen molar-refractivity contribution in [3.05, 3.63) is 0 Å². The summed E-state index contributed by atoms with van der Waals surface area (Å²) in [6, 6.07) is 0. The molecule has 110 valence electrons. The molecule has 0 radical (unpaired) electrons. The molecule has 0 aromatic rings. The molecular formula is C17H31NO. The first-order chi connectivity index (χ1) is 9.04. The summed E-state index contributed by atoms with van der Waals surface area (Å²) in [4.78, 5) is 14.2. The Bertz CT molecular complexity index is 284. The maximum Gasteiger partial charge on any atom is 0.127 e. The van der Waals surface area contributed by atoms with E-state index in [9.17, 15) is 4.79 Å². The molecule has 1 saturated heterocycles. The number of rotatable bonds is 4. The van der Waals surface area contributed by atoms with E-state index < -0.39 is 0 Å². The zero-order valence-electron chi connectivity index (χ0n) is 13.0. The second-order valence-corrected chi connectivity index (χ2v) is 7.52. The van der Waals surface area contributed by atoms with E-state index in [0.717, 1.165) is 37.1 Å². The summed E-state index contributed by atoms with van der Waals surface area (Å²) in [5, 5.41) is 0. The van der Waals surface area contributed by atoms with Gasteiger partial charge in [-0.2, -0.15) is 0 Å². The van der Waals surface area contributed by atoms with Gasteiger partial charge in [0.15, 0.2) is 0 Å². The average molecular weight is 265 g/mol. The molecule has 0 bridgehead atoms. The minimum Gasteiger partial charge on any atom is -0.303 e. The highest BCUT2D eigenvalue weighted by Crippen LogP contribution is 2.38. The predicted molar refractivity (Wildman–Crippen MR) is 80.1 cm³/mol. The Labute approximate surface area is 118 Å². The van der Waals surface area contributed by atoms with Crippen molar-refractivity contribution in [3.8, 4) is 0 Å². The molecule has 2 fully saturated rings. The van der Waals surface area contributed by atoms with Crippen molar-refractivity contribution in [2.24, 2.45) is 23.2 Å². The molecule has 1 saturated carbocycles. The van der Waals surface area contributed by atoms with Crippen LogP contribution >= 0.6 is 0 Å². The quantitative estimate of drug-likeness (QED) is 0.722. The van der Waals surface area contributed by atoms with Crippen molar-refractivity contribution in [3.63, 3.8) is 0 Å². The lowest BCUT2D eigenvalue weighted by Crippen LogP contribution is -2.45. The molecule has 0 spiro atoms. The Morgan fingerprint density at radius 2 is 1.74 bits per heavy atom. The maximum atomic E-state index is 11.6. The van der Waals surface area contributed by atoms with Gasteiger partial charge in [0.2, 0.25) is 0 Å². The van der Waals surface area contributed by atoms with Crippen LogP contribution < -0.4 is 0 Å². The zero-order valence-corrected chi connectivity index (χ0v) is 13.0. The Kier molecular flexibility index (Phi) is 5.05. The summed E-state index contributed by atoms with van der Waals surface area (Å²) in [6.45, 7) is 10.4. The van der Waals surface area contributed by atoms with Gasteiger partial charge in [0.25, 0.3) is 0 Å². The van der Waals surface area contributed by atoms with Crippen LogP contribution in [0.4, 0.5) is 0 Å². The number of aldehydes is 1. The van der Waals surface area contributed by atoms with Crippen LogP contribution in [-0.2, 0) is 4.79 Å². The zero-order chi connectivity index (χ0) is 13.9. The highest BCUT2D eigenvalue weighted by atomic mass is 16.1. The number of hydrogen-bond donors (Lipinski definition) is 0. The molecule has 0 aromatic heterocycles. The van der Waals surface area contributed by atoms with Gasteiger partial charge in [0, 0.05) is 12.0 Å². The molecule has 0 aromatic carbocycles. The smallest absolute Gasteiger partial charge is 0.127 e. The monoisotopic (exact) mass is 265 g/mol. The van der Waals surface area contributed by atoms with Crippen LogP contribution in [0.25, 0.3) is 0 Å². The molecule has 1 aliphatic heterocycles. The predicted octanol–water partition coefficient (Wildman–Crippen LogP) is 3.75. The minimum atomic E-state index is -0.0167. The SMILES string of the molecule is CC1CCC(C=O)(CN2CCC(C(C)C)CC2)CC1. The van der Waals surface area contributed by atoms with Crippen LogP contribution in [0.5, 0.6) is 0 Å². The molecule has 2 rings (SSSR count). The number of hydrogen-bond acceptors (Lipinski definition) is 2. The summed E-state index contributed by atoms with van der Waals surface area (Å²) in [5.74, 6) is 2.53. The van der Waals surface area contributed by atoms with Crippen LogP contribution in [0, 0.1) is 23.2 Å². The Hall–Kier alpha value is -0.370. The fourth-order valence-corrected chi connectivity index (χ4v) is 3.87. The molecule has 1 aliphatic carbocycles. The highest BCUT2D eigenvalue weighted by molar-refractivity contribution is 5.60. The molecule has 19 heavy (non-hydrogen) atoms. The van der Waals surface area contributed by atoms with E-state index in [1.807, 2.05) is 0 Å². The second kappa shape index (κ2) is 6.39. The van der Waals surface area contributed by atoms with E-state index in [4.69, 9.17) is 0 Å².